The van der Waals surface area contributed by atoms with Crippen LogP contribution in [0.4, 0.5) is 0 Å². The number of benzene rings is 2. The van der Waals surface area contributed by atoms with E-state index in [1.54, 1.807) is 0 Å². The minimum absolute atomic E-state index is 0.0407. The molecule has 0 aliphatic rings. The molecule has 0 aliphatic carbocycles. The molecule has 0 fully saturated rings. The third-order valence-corrected chi connectivity index (χ3v) is 4.29. The highest BCUT2D eigenvalue weighted by molar-refractivity contribution is 5.78. The first kappa shape index (κ1) is 19.5. The number of para-hydroxylation sites is 1. The number of hydrogen-bond donors (Lipinski definition) is 1. The Kier molecular flexibility index (Phi) is 6.68. The van der Waals surface area contributed by atoms with Crippen molar-refractivity contribution in [3.05, 3.63) is 77.2 Å². The van der Waals surface area contributed by atoms with Crippen molar-refractivity contribution in [1.29, 1.82) is 0 Å². The van der Waals surface area contributed by atoms with Gasteiger partial charge in [-0.05, 0) is 43.7 Å². The van der Waals surface area contributed by atoms with E-state index in [4.69, 9.17) is 14.0 Å². The van der Waals surface area contributed by atoms with E-state index in [1.807, 2.05) is 68.4 Å². The van der Waals surface area contributed by atoms with Crippen LogP contribution in [0.25, 0.3) is 0 Å². The van der Waals surface area contributed by atoms with Crippen molar-refractivity contribution in [1.82, 2.24) is 10.5 Å². The summed E-state index contributed by atoms with van der Waals surface area (Å²) in [7, 11) is 0. The van der Waals surface area contributed by atoms with Crippen molar-refractivity contribution in [2.24, 2.45) is 0 Å². The van der Waals surface area contributed by atoms with Crippen molar-refractivity contribution >= 4 is 5.91 Å². The number of hydrogen-bond acceptors (Lipinski definition) is 5. The summed E-state index contributed by atoms with van der Waals surface area (Å²) in [5.41, 5.74) is 2.72. The molecule has 3 rings (SSSR count). The van der Waals surface area contributed by atoms with Crippen LogP contribution in [0.2, 0.25) is 0 Å². The van der Waals surface area contributed by atoms with Crippen molar-refractivity contribution < 1.29 is 18.8 Å². The lowest BCUT2D eigenvalue weighted by molar-refractivity contribution is -0.120. The Hall–Kier alpha value is -3.28. The Bertz CT molecular complexity index is 869. The first-order chi connectivity index (χ1) is 13.6. The lowest BCUT2D eigenvalue weighted by Crippen LogP contribution is -2.29. The molecule has 0 saturated carbocycles. The van der Waals surface area contributed by atoms with Gasteiger partial charge in [0.25, 0.3) is 0 Å². The summed E-state index contributed by atoms with van der Waals surface area (Å²) in [4.78, 5) is 12.0. The van der Waals surface area contributed by atoms with Crippen LogP contribution in [-0.2, 0) is 17.8 Å². The lowest BCUT2D eigenvalue weighted by atomic mass is 10.1. The van der Waals surface area contributed by atoms with Gasteiger partial charge in [-0.2, -0.15) is 0 Å². The van der Waals surface area contributed by atoms with Crippen molar-refractivity contribution in [3.8, 4) is 11.5 Å². The zero-order valence-electron chi connectivity index (χ0n) is 16.1. The average molecular weight is 380 g/mol. The fourth-order valence-corrected chi connectivity index (χ4v) is 2.69. The van der Waals surface area contributed by atoms with Crippen LogP contribution in [0.15, 0.2) is 59.1 Å². The summed E-state index contributed by atoms with van der Waals surface area (Å²) < 4.78 is 16.5. The summed E-state index contributed by atoms with van der Waals surface area (Å²) in [5, 5.41) is 6.77. The molecule has 0 unspecified atom stereocenters. The largest absolute Gasteiger partial charge is 0.492 e. The van der Waals surface area contributed by atoms with Crippen LogP contribution in [0.5, 0.6) is 11.5 Å². The molecule has 1 heterocycles. The number of ether oxygens (including phenoxy) is 2. The number of aromatic nitrogens is 1. The summed E-state index contributed by atoms with van der Waals surface area (Å²) in [6.07, 6.45) is 0.315. The molecule has 1 amide bonds. The Labute approximate surface area is 164 Å². The number of nitrogens with one attached hydrogen (secondary N) is 1. The van der Waals surface area contributed by atoms with E-state index in [0.29, 0.717) is 26.2 Å². The number of carbonyl (C=O) groups excluding carboxylic acids is 1. The highest BCUT2D eigenvalue weighted by Crippen LogP contribution is 2.18. The quantitative estimate of drug-likeness (QED) is 0.574. The second-order valence-electron chi connectivity index (χ2n) is 6.42. The third-order valence-electron chi connectivity index (χ3n) is 4.29. The number of amides is 1. The van der Waals surface area contributed by atoms with E-state index in [1.165, 1.54) is 0 Å². The Morgan fingerprint density at radius 3 is 2.39 bits per heavy atom. The third kappa shape index (κ3) is 5.61. The monoisotopic (exact) mass is 380 g/mol. The van der Waals surface area contributed by atoms with Gasteiger partial charge in [-0.25, -0.2) is 0 Å². The standard InChI is InChI=1S/C22H24N2O4/c1-16-21(17(2)28-24-16)15-27-20-10-8-18(9-11-20)14-22(25)23-12-13-26-19-6-4-3-5-7-19/h3-11H,12-15H2,1-2H3,(H,23,25). The fraction of sp³-hybridized carbons (Fsp3) is 0.273. The van der Waals surface area contributed by atoms with Crippen LogP contribution >= 0.6 is 0 Å². The molecule has 28 heavy (non-hydrogen) atoms. The maximum Gasteiger partial charge on any atom is 0.224 e. The summed E-state index contributed by atoms with van der Waals surface area (Å²) in [6.45, 7) is 5.06. The number of carbonyl (C=O) groups is 1. The van der Waals surface area contributed by atoms with Gasteiger partial charge in [0.05, 0.1) is 24.2 Å². The highest BCUT2D eigenvalue weighted by atomic mass is 16.5. The molecular weight excluding hydrogens is 356 g/mol. The van der Waals surface area contributed by atoms with Crippen molar-refractivity contribution in [2.75, 3.05) is 13.2 Å². The van der Waals surface area contributed by atoms with Gasteiger partial charge >= 0.3 is 0 Å². The zero-order chi connectivity index (χ0) is 19.8. The van der Waals surface area contributed by atoms with E-state index >= 15 is 0 Å². The van der Waals surface area contributed by atoms with Crippen LogP contribution < -0.4 is 14.8 Å². The molecule has 0 radical (unpaired) electrons. The number of nitrogens with zero attached hydrogens (tertiary/aromatic N) is 1. The first-order valence-corrected chi connectivity index (χ1v) is 9.20. The topological polar surface area (TPSA) is 73.6 Å². The summed E-state index contributed by atoms with van der Waals surface area (Å²) >= 11 is 0. The van der Waals surface area contributed by atoms with Gasteiger partial charge in [-0.3, -0.25) is 4.79 Å². The molecule has 146 valence electrons. The molecule has 2 aromatic carbocycles. The minimum atomic E-state index is -0.0407. The van der Waals surface area contributed by atoms with Gasteiger partial charge < -0.3 is 19.3 Å². The van der Waals surface area contributed by atoms with E-state index < -0.39 is 0 Å². The van der Waals surface area contributed by atoms with Crippen LogP contribution in [-0.4, -0.2) is 24.2 Å². The second kappa shape index (κ2) is 9.60. The van der Waals surface area contributed by atoms with Crippen LogP contribution in [0.1, 0.15) is 22.6 Å². The second-order valence-corrected chi connectivity index (χ2v) is 6.42. The lowest BCUT2D eigenvalue weighted by Gasteiger charge is -2.09. The normalized spacial score (nSPS) is 10.5. The van der Waals surface area contributed by atoms with Gasteiger partial charge in [0.15, 0.2) is 0 Å². The van der Waals surface area contributed by atoms with Gasteiger partial charge in [-0.1, -0.05) is 35.5 Å². The minimum Gasteiger partial charge on any atom is -0.492 e. The first-order valence-electron chi connectivity index (χ1n) is 9.20. The molecule has 0 spiro atoms. The molecule has 6 nitrogen and oxygen atoms in total. The van der Waals surface area contributed by atoms with Gasteiger partial charge in [0, 0.05) is 0 Å². The van der Waals surface area contributed by atoms with E-state index in [9.17, 15) is 4.79 Å². The maximum absolute atomic E-state index is 12.0. The predicted molar refractivity (Wildman–Crippen MR) is 105 cm³/mol. The molecule has 1 N–H and O–H groups in total. The Morgan fingerprint density at radius 2 is 1.71 bits per heavy atom. The van der Waals surface area contributed by atoms with Gasteiger partial charge in [0.1, 0.15) is 30.5 Å². The molecule has 6 heteroatoms. The van der Waals surface area contributed by atoms with E-state index in [2.05, 4.69) is 10.5 Å². The van der Waals surface area contributed by atoms with Gasteiger partial charge in [0.2, 0.25) is 5.91 Å². The molecule has 0 aliphatic heterocycles. The summed E-state index contributed by atoms with van der Waals surface area (Å²) in [5.74, 6) is 2.26. The average Bonchev–Trinajstić information content (AvgIpc) is 3.03. The van der Waals surface area contributed by atoms with E-state index in [-0.39, 0.29) is 5.91 Å². The molecule has 0 bridgehead atoms. The summed E-state index contributed by atoms with van der Waals surface area (Å²) in [6, 6.07) is 17.0. The van der Waals surface area contributed by atoms with Gasteiger partial charge in [-0.15, -0.1) is 0 Å². The smallest absolute Gasteiger partial charge is 0.224 e. The Balaban J connectivity index is 1.39. The molecular formula is C22H24N2O4. The molecule has 0 atom stereocenters. The zero-order valence-corrected chi connectivity index (χ0v) is 16.1. The SMILES string of the molecule is Cc1noc(C)c1COc1ccc(CC(=O)NCCOc2ccccc2)cc1. The van der Waals surface area contributed by atoms with Crippen molar-refractivity contribution in [3.63, 3.8) is 0 Å². The predicted octanol–water partition coefficient (Wildman–Crippen LogP) is 3.61. The Morgan fingerprint density at radius 1 is 1.00 bits per heavy atom. The van der Waals surface area contributed by atoms with Crippen LogP contribution in [0, 0.1) is 13.8 Å². The fourth-order valence-electron chi connectivity index (χ4n) is 2.69. The van der Waals surface area contributed by atoms with Crippen LogP contribution in [0.3, 0.4) is 0 Å². The van der Waals surface area contributed by atoms with E-state index in [0.717, 1.165) is 34.1 Å². The highest BCUT2D eigenvalue weighted by Gasteiger charge is 2.10. The number of rotatable bonds is 9. The molecule has 3 aromatic rings. The van der Waals surface area contributed by atoms with Crippen molar-refractivity contribution in [2.45, 2.75) is 26.9 Å². The molecule has 0 saturated heterocycles. The molecule has 1 aromatic heterocycles. The maximum atomic E-state index is 12.0. The number of aryl methyl sites for hydroxylation is 2.